The molecule has 0 amide bonds. The van der Waals surface area contributed by atoms with E-state index < -0.39 is 0 Å². The molecule has 0 saturated heterocycles. The smallest absolute Gasteiger partial charge is 0.0158 e. The lowest BCUT2D eigenvalue weighted by atomic mass is 10.2. The SMILES string of the molecule is C#C/C=C/C/C=C/CCCC=C. The topological polar surface area (TPSA) is 0 Å². The molecule has 0 aromatic heterocycles. The van der Waals surface area contributed by atoms with Crippen LogP contribution in [0.4, 0.5) is 0 Å². The first kappa shape index (κ1) is 10.8. The van der Waals surface area contributed by atoms with Crippen molar-refractivity contribution in [1.29, 1.82) is 0 Å². The average Bonchev–Trinajstić information content (AvgIpc) is 2.10. The van der Waals surface area contributed by atoms with Gasteiger partial charge in [-0.2, -0.15) is 0 Å². The van der Waals surface area contributed by atoms with Gasteiger partial charge in [-0.15, -0.1) is 13.0 Å². The predicted molar refractivity (Wildman–Crippen MR) is 55.8 cm³/mol. The summed E-state index contributed by atoms with van der Waals surface area (Å²) in [6.45, 7) is 3.66. The van der Waals surface area contributed by atoms with Crippen LogP contribution in [0.15, 0.2) is 37.0 Å². The summed E-state index contributed by atoms with van der Waals surface area (Å²) in [5, 5.41) is 0. The fraction of sp³-hybridized carbons (Fsp3) is 0.333. The number of hydrogen-bond acceptors (Lipinski definition) is 0. The van der Waals surface area contributed by atoms with Crippen LogP contribution in [0.25, 0.3) is 0 Å². The lowest BCUT2D eigenvalue weighted by molar-refractivity contribution is 0.867. The number of allylic oxidation sites excluding steroid dienone is 5. The molecule has 0 heteroatoms. The summed E-state index contributed by atoms with van der Waals surface area (Å²) in [6.07, 6.45) is 19.4. The van der Waals surface area contributed by atoms with Gasteiger partial charge in [0.2, 0.25) is 0 Å². The van der Waals surface area contributed by atoms with E-state index in [4.69, 9.17) is 6.42 Å². The summed E-state index contributed by atoms with van der Waals surface area (Å²) in [4.78, 5) is 0. The molecule has 0 aromatic carbocycles. The highest BCUT2D eigenvalue weighted by molar-refractivity contribution is 5.10. The maximum Gasteiger partial charge on any atom is -0.0158 e. The van der Waals surface area contributed by atoms with E-state index in [0.29, 0.717) is 0 Å². The Labute approximate surface area is 75.7 Å². The van der Waals surface area contributed by atoms with Crippen LogP contribution in [0, 0.1) is 12.3 Å². The highest BCUT2D eigenvalue weighted by atomic mass is 13.8. The minimum atomic E-state index is 0.943. The third-order valence-corrected chi connectivity index (χ3v) is 1.43. The molecule has 64 valence electrons. The minimum Gasteiger partial charge on any atom is -0.115 e. The molecule has 0 N–H and O–H groups in total. The quantitative estimate of drug-likeness (QED) is 0.317. The Bertz CT molecular complexity index is 189. The zero-order valence-electron chi connectivity index (χ0n) is 7.50. The lowest BCUT2D eigenvalue weighted by Crippen LogP contribution is -1.67. The van der Waals surface area contributed by atoms with Gasteiger partial charge in [0.25, 0.3) is 0 Å². The van der Waals surface area contributed by atoms with E-state index in [2.05, 4.69) is 24.7 Å². The lowest BCUT2D eigenvalue weighted by Gasteiger charge is -1.87. The van der Waals surface area contributed by atoms with Crippen molar-refractivity contribution in [3.8, 4) is 12.3 Å². The number of unbranched alkanes of at least 4 members (excludes halogenated alkanes) is 2. The zero-order valence-corrected chi connectivity index (χ0v) is 7.50. The Hall–Kier alpha value is -1.22. The van der Waals surface area contributed by atoms with Crippen molar-refractivity contribution >= 4 is 0 Å². The van der Waals surface area contributed by atoms with E-state index in [0.717, 1.165) is 19.3 Å². The fourth-order valence-electron chi connectivity index (χ4n) is 0.809. The molecule has 12 heavy (non-hydrogen) atoms. The summed E-state index contributed by atoms with van der Waals surface area (Å²) >= 11 is 0. The van der Waals surface area contributed by atoms with E-state index in [1.165, 1.54) is 6.42 Å². The minimum absolute atomic E-state index is 0.943. The average molecular weight is 160 g/mol. The molecule has 0 radical (unpaired) electrons. The Kier molecular flexibility index (Phi) is 8.79. The fourth-order valence-corrected chi connectivity index (χ4v) is 0.809. The molecule has 0 aromatic rings. The highest BCUT2D eigenvalue weighted by Crippen LogP contribution is 1.97. The van der Waals surface area contributed by atoms with Crippen molar-refractivity contribution < 1.29 is 0 Å². The Morgan fingerprint density at radius 2 is 2.00 bits per heavy atom. The van der Waals surface area contributed by atoms with Crippen molar-refractivity contribution in [3.05, 3.63) is 37.0 Å². The van der Waals surface area contributed by atoms with Crippen LogP contribution >= 0.6 is 0 Å². The summed E-state index contributed by atoms with van der Waals surface area (Å²) in [6, 6.07) is 0. The van der Waals surface area contributed by atoms with Crippen LogP contribution in [0.3, 0.4) is 0 Å². The van der Waals surface area contributed by atoms with Crippen molar-refractivity contribution in [3.63, 3.8) is 0 Å². The van der Waals surface area contributed by atoms with Gasteiger partial charge in [0, 0.05) is 0 Å². The normalized spacial score (nSPS) is 10.6. The number of rotatable bonds is 6. The molecule has 0 atom stereocenters. The maximum absolute atomic E-state index is 5.04. The zero-order chi connectivity index (χ0) is 9.07. The van der Waals surface area contributed by atoms with Crippen LogP contribution in [0.2, 0.25) is 0 Å². The molecular weight excluding hydrogens is 144 g/mol. The first-order valence-electron chi connectivity index (χ1n) is 4.29. The number of hydrogen-bond donors (Lipinski definition) is 0. The molecule has 0 spiro atoms. The molecule has 0 bridgehead atoms. The summed E-state index contributed by atoms with van der Waals surface area (Å²) in [5.74, 6) is 2.45. The van der Waals surface area contributed by atoms with E-state index >= 15 is 0 Å². The van der Waals surface area contributed by atoms with Gasteiger partial charge in [-0.05, 0) is 31.8 Å². The molecule has 0 saturated carbocycles. The Morgan fingerprint density at radius 3 is 2.67 bits per heavy atom. The molecule has 0 aliphatic heterocycles. The van der Waals surface area contributed by atoms with Gasteiger partial charge >= 0.3 is 0 Å². The van der Waals surface area contributed by atoms with Gasteiger partial charge in [0.05, 0.1) is 0 Å². The molecule has 0 unspecified atom stereocenters. The van der Waals surface area contributed by atoms with Crippen molar-refractivity contribution in [1.82, 2.24) is 0 Å². The Balaban J connectivity index is 3.20. The van der Waals surface area contributed by atoms with Gasteiger partial charge in [-0.3, -0.25) is 0 Å². The molecule has 0 heterocycles. The van der Waals surface area contributed by atoms with Gasteiger partial charge in [0.15, 0.2) is 0 Å². The van der Waals surface area contributed by atoms with E-state index in [9.17, 15) is 0 Å². The molecule has 0 aliphatic rings. The molecule has 0 rings (SSSR count). The van der Waals surface area contributed by atoms with Gasteiger partial charge < -0.3 is 0 Å². The van der Waals surface area contributed by atoms with Crippen LogP contribution < -0.4 is 0 Å². The molecule has 0 aliphatic carbocycles. The second-order valence-corrected chi connectivity index (χ2v) is 2.50. The van der Waals surface area contributed by atoms with Crippen LogP contribution in [0.1, 0.15) is 25.7 Å². The molecule has 0 nitrogen and oxygen atoms in total. The van der Waals surface area contributed by atoms with Gasteiger partial charge in [0.1, 0.15) is 0 Å². The van der Waals surface area contributed by atoms with Crippen molar-refractivity contribution in [2.75, 3.05) is 0 Å². The van der Waals surface area contributed by atoms with Crippen molar-refractivity contribution in [2.24, 2.45) is 0 Å². The highest BCUT2D eigenvalue weighted by Gasteiger charge is 1.77. The maximum atomic E-state index is 5.04. The van der Waals surface area contributed by atoms with Crippen molar-refractivity contribution in [2.45, 2.75) is 25.7 Å². The third kappa shape index (κ3) is 8.78. The second-order valence-electron chi connectivity index (χ2n) is 2.50. The monoisotopic (exact) mass is 160 g/mol. The molecule has 0 fully saturated rings. The largest absolute Gasteiger partial charge is 0.115 e. The molecular formula is C12H16. The van der Waals surface area contributed by atoms with Crippen LogP contribution in [-0.4, -0.2) is 0 Å². The first-order chi connectivity index (χ1) is 5.91. The van der Waals surface area contributed by atoms with E-state index in [1.807, 2.05) is 12.2 Å². The third-order valence-electron chi connectivity index (χ3n) is 1.43. The predicted octanol–water partition coefficient (Wildman–Crippen LogP) is 3.48. The van der Waals surface area contributed by atoms with E-state index in [-0.39, 0.29) is 0 Å². The van der Waals surface area contributed by atoms with Crippen LogP contribution in [0.5, 0.6) is 0 Å². The second kappa shape index (κ2) is 9.78. The summed E-state index contributed by atoms with van der Waals surface area (Å²) in [5.41, 5.74) is 0. The van der Waals surface area contributed by atoms with Gasteiger partial charge in [-0.25, -0.2) is 0 Å². The first-order valence-corrected chi connectivity index (χ1v) is 4.29. The number of terminal acetylenes is 1. The van der Waals surface area contributed by atoms with E-state index in [1.54, 1.807) is 6.08 Å². The van der Waals surface area contributed by atoms with Crippen LogP contribution in [-0.2, 0) is 0 Å². The summed E-state index contributed by atoms with van der Waals surface area (Å²) < 4.78 is 0. The standard InChI is InChI=1S/C12H16/c1-3-5-7-9-11-12-10-8-6-4-2/h1,4-5,7,11-12H,2,6,8-10H2/b7-5+,12-11+. The summed E-state index contributed by atoms with van der Waals surface area (Å²) in [7, 11) is 0. The Morgan fingerprint density at radius 1 is 1.17 bits per heavy atom. The van der Waals surface area contributed by atoms with Gasteiger partial charge in [-0.1, -0.05) is 30.2 Å².